The van der Waals surface area contributed by atoms with Crippen LogP contribution >= 0.6 is 7.60 Å². The summed E-state index contributed by atoms with van der Waals surface area (Å²) in [6.07, 6.45) is 27.4. The summed E-state index contributed by atoms with van der Waals surface area (Å²) in [5.41, 5.74) is 0. The van der Waals surface area contributed by atoms with Gasteiger partial charge < -0.3 is 13.9 Å². The lowest BCUT2D eigenvalue weighted by Crippen LogP contribution is -2.44. The van der Waals surface area contributed by atoms with Crippen molar-refractivity contribution in [3.63, 3.8) is 0 Å². The highest BCUT2D eigenvalue weighted by Gasteiger charge is 2.41. The average molecular weight is 475 g/mol. The van der Waals surface area contributed by atoms with Crippen molar-refractivity contribution < 1.29 is 18.5 Å². The van der Waals surface area contributed by atoms with Gasteiger partial charge in [-0.3, -0.25) is 4.57 Å². The second-order valence-corrected chi connectivity index (χ2v) is 12.4. The molecule has 4 nitrogen and oxygen atoms in total. The number of rotatable bonds is 23. The van der Waals surface area contributed by atoms with Crippen molar-refractivity contribution in [1.29, 1.82) is 0 Å². The fourth-order valence-electron chi connectivity index (χ4n) is 4.38. The van der Waals surface area contributed by atoms with Gasteiger partial charge in [0, 0.05) is 6.42 Å². The van der Waals surface area contributed by atoms with Crippen molar-refractivity contribution in [2.24, 2.45) is 0 Å². The summed E-state index contributed by atoms with van der Waals surface area (Å²) in [4.78, 5) is 10.3. The summed E-state index contributed by atoms with van der Waals surface area (Å²) >= 11 is 0. The highest BCUT2D eigenvalue weighted by Crippen LogP contribution is 2.51. The Bertz CT molecular complexity index is 488. The molecule has 0 aliphatic rings. The van der Waals surface area contributed by atoms with Crippen molar-refractivity contribution in [1.82, 2.24) is 0 Å². The van der Waals surface area contributed by atoms with Crippen LogP contribution in [-0.2, 0) is 9.09 Å². The van der Waals surface area contributed by atoms with Gasteiger partial charge in [0.2, 0.25) is 0 Å². The quantitative estimate of drug-likeness (QED) is 0.0696. The van der Waals surface area contributed by atoms with E-state index in [1.807, 2.05) is 28.1 Å². The molecule has 0 saturated carbocycles. The Labute approximate surface area is 201 Å². The Morgan fingerprint density at radius 1 is 0.719 bits per heavy atom. The third-order valence-electron chi connectivity index (χ3n) is 6.32. The molecule has 32 heavy (non-hydrogen) atoms. The van der Waals surface area contributed by atoms with E-state index in [2.05, 4.69) is 19.1 Å². The third-order valence-corrected chi connectivity index (χ3v) is 8.68. The first-order valence-electron chi connectivity index (χ1n) is 13.7. The molecule has 0 aliphatic heterocycles. The smallest absolute Gasteiger partial charge is 0.320 e. The first kappa shape index (κ1) is 31.9. The van der Waals surface area contributed by atoms with Crippen LogP contribution in [0.1, 0.15) is 129 Å². The largest absolute Gasteiger partial charge is 0.385 e. The molecular weight excluding hydrogens is 417 g/mol. The summed E-state index contributed by atoms with van der Waals surface area (Å²) < 4.78 is 18.4. The Kier molecular flexibility index (Phi) is 20.1. The van der Waals surface area contributed by atoms with E-state index in [1.54, 1.807) is 0 Å². The number of quaternary nitrogens is 1. The van der Waals surface area contributed by atoms with Crippen LogP contribution in [0, 0.1) is 0 Å². The molecule has 1 N–H and O–H groups in total. The zero-order valence-electron chi connectivity index (χ0n) is 22.3. The van der Waals surface area contributed by atoms with Gasteiger partial charge in [0.25, 0.3) is 0 Å². The van der Waals surface area contributed by atoms with Gasteiger partial charge in [0.15, 0.2) is 5.78 Å². The maximum absolute atomic E-state index is 12.5. The first-order valence-corrected chi connectivity index (χ1v) is 15.3. The van der Waals surface area contributed by atoms with E-state index in [4.69, 9.17) is 4.52 Å². The van der Waals surface area contributed by atoms with Crippen molar-refractivity contribution in [3.05, 3.63) is 12.2 Å². The summed E-state index contributed by atoms with van der Waals surface area (Å²) in [5, 5.41) is 0. The van der Waals surface area contributed by atoms with Crippen molar-refractivity contribution in [2.75, 3.05) is 27.7 Å². The summed E-state index contributed by atoms with van der Waals surface area (Å²) in [6.45, 7) is 4.62. The maximum Gasteiger partial charge on any atom is 0.385 e. The second kappa shape index (κ2) is 20.2. The number of allylic oxidation sites excluding steroid dienone is 2. The van der Waals surface area contributed by atoms with E-state index >= 15 is 0 Å². The van der Waals surface area contributed by atoms with Gasteiger partial charge in [0.05, 0.1) is 27.7 Å². The van der Waals surface area contributed by atoms with Gasteiger partial charge >= 0.3 is 7.60 Å². The first-order chi connectivity index (χ1) is 15.3. The number of hydrogen-bond acceptors (Lipinski definition) is 2. The van der Waals surface area contributed by atoms with E-state index in [9.17, 15) is 9.46 Å². The van der Waals surface area contributed by atoms with Crippen LogP contribution in [0.15, 0.2) is 12.2 Å². The predicted octanol–water partition coefficient (Wildman–Crippen LogP) is 8.84. The van der Waals surface area contributed by atoms with Gasteiger partial charge in [-0.15, -0.1) is 0 Å². The van der Waals surface area contributed by atoms with E-state index in [-0.39, 0.29) is 5.78 Å². The Hall–Kier alpha value is -0.150. The van der Waals surface area contributed by atoms with Crippen molar-refractivity contribution in [3.8, 4) is 0 Å². The molecule has 0 aromatic carbocycles. The van der Waals surface area contributed by atoms with Crippen LogP contribution in [-0.4, -0.2) is 42.9 Å². The molecule has 2 atom stereocenters. The van der Waals surface area contributed by atoms with E-state index < -0.39 is 7.60 Å². The lowest BCUT2D eigenvalue weighted by atomic mass is 10.1. The molecule has 0 saturated heterocycles. The zero-order chi connectivity index (χ0) is 24.1. The molecule has 0 rings (SSSR count). The van der Waals surface area contributed by atoms with Crippen LogP contribution in [0.2, 0.25) is 0 Å². The molecule has 0 radical (unpaired) electrons. The van der Waals surface area contributed by atoms with Crippen LogP contribution in [0.5, 0.6) is 0 Å². The molecule has 0 spiro atoms. The molecule has 0 heterocycles. The normalized spacial score (nSPS) is 15.3. The predicted molar refractivity (Wildman–Crippen MR) is 141 cm³/mol. The summed E-state index contributed by atoms with van der Waals surface area (Å²) in [7, 11) is 2.29. The maximum atomic E-state index is 12.5. The molecule has 0 aliphatic carbocycles. The van der Waals surface area contributed by atoms with Crippen LogP contribution in [0.25, 0.3) is 0 Å². The van der Waals surface area contributed by atoms with E-state index in [0.29, 0.717) is 17.5 Å². The molecule has 0 bridgehead atoms. The van der Waals surface area contributed by atoms with E-state index in [0.717, 1.165) is 25.7 Å². The Balaban J connectivity index is 3.47. The molecule has 0 amide bonds. The van der Waals surface area contributed by atoms with Crippen LogP contribution in [0.4, 0.5) is 0 Å². The minimum Gasteiger partial charge on any atom is -0.320 e. The number of unbranched alkanes of at least 4 members (excludes halogenated alkanes) is 15. The van der Waals surface area contributed by atoms with Crippen LogP contribution in [0.3, 0.4) is 0 Å². The van der Waals surface area contributed by atoms with Gasteiger partial charge in [0.1, 0.15) is 0 Å². The Morgan fingerprint density at radius 3 is 1.53 bits per heavy atom. The SMILES string of the molecule is CCCCCCCCCCCCC/C=C\CCCCCCOP(=O)(O)C(CC)[N+](C)(C)C. The highest BCUT2D eigenvalue weighted by molar-refractivity contribution is 7.53. The molecule has 0 aromatic rings. The Morgan fingerprint density at radius 2 is 1.12 bits per heavy atom. The highest BCUT2D eigenvalue weighted by atomic mass is 31.2. The fourth-order valence-corrected chi connectivity index (χ4v) is 6.28. The zero-order valence-corrected chi connectivity index (χ0v) is 23.2. The van der Waals surface area contributed by atoms with Crippen molar-refractivity contribution >= 4 is 7.60 Å². The number of hydrogen-bond donors (Lipinski definition) is 1. The van der Waals surface area contributed by atoms with Gasteiger partial charge in [-0.05, 0) is 32.1 Å². The minimum absolute atomic E-state index is 0.354. The lowest BCUT2D eigenvalue weighted by molar-refractivity contribution is -0.883. The topological polar surface area (TPSA) is 46.5 Å². The van der Waals surface area contributed by atoms with Gasteiger partial charge in [-0.25, -0.2) is 0 Å². The third kappa shape index (κ3) is 18.3. The minimum atomic E-state index is -3.56. The number of nitrogens with zero attached hydrogens (tertiary/aromatic N) is 1. The van der Waals surface area contributed by atoms with Gasteiger partial charge in [-0.1, -0.05) is 103 Å². The van der Waals surface area contributed by atoms with Crippen molar-refractivity contribution in [2.45, 2.75) is 135 Å². The molecular formula is C27H57NO3P+. The lowest BCUT2D eigenvalue weighted by Gasteiger charge is -2.35. The second-order valence-electron chi connectivity index (χ2n) is 10.4. The van der Waals surface area contributed by atoms with Crippen LogP contribution < -0.4 is 0 Å². The molecule has 0 aromatic heterocycles. The molecule has 2 unspecified atom stereocenters. The standard InChI is InChI=1S/C27H56NO3P/c1-6-8-9-10-11-12-13-14-15-16-17-18-19-20-21-22-23-24-25-26-31-32(29,30)27(7-2)28(3,4)5/h19-20,27H,6-18,21-26H2,1-5H3/p+1/b20-19-. The average Bonchev–Trinajstić information content (AvgIpc) is 2.71. The summed E-state index contributed by atoms with van der Waals surface area (Å²) in [5.74, 6) is -0.354. The van der Waals surface area contributed by atoms with Gasteiger partial charge in [-0.2, -0.15) is 0 Å². The fraction of sp³-hybridized carbons (Fsp3) is 0.926. The monoisotopic (exact) mass is 474 g/mol. The molecule has 0 fully saturated rings. The van der Waals surface area contributed by atoms with E-state index in [1.165, 1.54) is 83.5 Å². The molecule has 5 heteroatoms. The molecule has 192 valence electrons. The summed E-state index contributed by atoms with van der Waals surface area (Å²) in [6, 6.07) is 0.